The fourth-order valence-corrected chi connectivity index (χ4v) is 19.4. The maximum Gasteiger partial charge on any atom is -1.00 e. The third-order valence-electron chi connectivity index (χ3n) is 12.4. The molecule has 1 unspecified atom stereocenters. The summed E-state index contributed by atoms with van der Waals surface area (Å²) < 4.78 is 4.84. The van der Waals surface area contributed by atoms with Crippen molar-refractivity contribution in [2.24, 2.45) is 11.3 Å². The molecule has 1 atom stereocenters. The topological polar surface area (TPSA) is 0 Å². The molecule has 0 amide bonds. The van der Waals surface area contributed by atoms with Crippen LogP contribution in [0.3, 0.4) is 0 Å². The van der Waals surface area contributed by atoms with Crippen LogP contribution in [0.1, 0.15) is 175 Å². The summed E-state index contributed by atoms with van der Waals surface area (Å²) in [5, 5.41) is 1.55. The third-order valence-corrected chi connectivity index (χ3v) is 20.7. The average Bonchev–Trinajstić information content (AvgIpc) is 3.68. The maximum atomic E-state index is 7.00. The fraction of sp³-hybridized carbons (Fsp3) is 0.473. The first-order chi connectivity index (χ1) is 26.7. The number of halogens is 4. The molecule has 5 heteroatoms. The van der Waals surface area contributed by atoms with Crippen molar-refractivity contribution in [3.8, 4) is 11.1 Å². The predicted octanol–water partition coefficient (Wildman–Crippen LogP) is 9.95. The minimum absolute atomic E-state index is 0. The van der Waals surface area contributed by atoms with Crippen LogP contribution in [0.15, 0.2) is 87.7 Å². The number of unbranched alkanes of at least 4 members (excludes halogenated alkanes) is 1. The van der Waals surface area contributed by atoms with E-state index < -0.39 is 21.3 Å². The predicted molar refractivity (Wildman–Crippen MR) is 254 cm³/mol. The number of allylic oxidation sites excluding steroid dienone is 4. The summed E-state index contributed by atoms with van der Waals surface area (Å²) in [5.41, 5.74) is 15.8. The summed E-state index contributed by atoms with van der Waals surface area (Å²) in [6.45, 7) is 38.6. The molecule has 0 fully saturated rings. The van der Waals surface area contributed by atoms with Gasteiger partial charge in [0.15, 0.2) is 0 Å². The Morgan fingerprint density at radius 2 is 1.12 bits per heavy atom. The number of rotatable bonds is 7. The summed E-state index contributed by atoms with van der Waals surface area (Å²) in [6, 6.07) is 25.3. The van der Waals surface area contributed by atoms with Gasteiger partial charge >= 0.3 is 374 Å². The van der Waals surface area contributed by atoms with Gasteiger partial charge in [-0.15, -0.1) is 0 Å². The molecule has 6 rings (SSSR count). The van der Waals surface area contributed by atoms with Gasteiger partial charge in [-0.1, -0.05) is 0 Å². The monoisotopic (exact) mass is 960 g/mol. The summed E-state index contributed by atoms with van der Waals surface area (Å²) in [4.78, 5) is 0. The van der Waals surface area contributed by atoms with E-state index in [4.69, 9.17) is 23.2 Å². The molecule has 2 aliphatic rings. The van der Waals surface area contributed by atoms with Crippen molar-refractivity contribution in [3.05, 3.63) is 142 Å². The molecule has 2 aliphatic carbocycles. The van der Waals surface area contributed by atoms with E-state index in [2.05, 4.69) is 178 Å². The van der Waals surface area contributed by atoms with E-state index in [0.29, 0.717) is 5.92 Å². The zero-order valence-corrected chi connectivity index (χ0v) is 44.9. The molecule has 0 aromatic heterocycles. The van der Waals surface area contributed by atoms with Crippen LogP contribution >= 0.6 is 23.2 Å². The third kappa shape index (κ3) is 10.4. The zero-order valence-electron chi connectivity index (χ0n) is 39.4. The largest absolute Gasteiger partial charge is 1.00 e. The maximum absolute atomic E-state index is 7.00. The molecular weight excluding hydrogens is 894 g/mol. The SMILES string of the molecule is CCCCC1C=C(C(C)(C)C)C=[C]1[Zr+2](=[C](c1cccc(Cl)c1)c1cccc(Cl)c1)[c]1c2c(cc(C(C)(C)C)c1C(C)(C)C)-c1cc(C(C)(C)C)c(C(C)(C)C)cc1C2.[Cl-].[Cl-]. The minimum atomic E-state index is -3.32. The van der Waals surface area contributed by atoms with Gasteiger partial charge in [0.25, 0.3) is 0 Å². The van der Waals surface area contributed by atoms with Crippen molar-refractivity contribution >= 4 is 29.7 Å². The van der Waals surface area contributed by atoms with Crippen molar-refractivity contribution in [3.63, 3.8) is 0 Å². The van der Waals surface area contributed by atoms with E-state index in [1.165, 1.54) is 72.5 Å². The molecular formula is C55H70Cl4Zr. The van der Waals surface area contributed by atoms with Crippen LogP contribution < -0.4 is 28.1 Å². The van der Waals surface area contributed by atoms with Crippen LogP contribution in [0.4, 0.5) is 0 Å². The molecule has 4 aromatic rings. The van der Waals surface area contributed by atoms with Gasteiger partial charge in [-0.2, -0.15) is 0 Å². The number of fused-ring (bicyclic) bond motifs is 3. The van der Waals surface area contributed by atoms with Crippen LogP contribution in [0.25, 0.3) is 11.1 Å². The van der Waals surface area contributed by atoms with Gasteiger partial charge in [0.1, 0.15) is 0 Å². The van der Waals surface area contributed by atoms with Crippen molar-refractivity contribution in [2.45, 2.75) is 158 Å². The van der Waals surface area contributed by atoms with Crippen molar-refractivity contribution in [1.82, 2.24) is 0 Å². The van der Waals surface area contributed by atoms with E-state index in [9.17, 15) is 0 Å². The molecule has 0 heterocycles. The van der Waals surface area contributed by atoms with Crippen LogP contribution in [0, 0.1) is 11.3 Å². The van der Waals surface area contributed by atoms with Crippen LogP contribution in [-0.2, 0) is 49.3 Å². The first-order valence-electron chi connectivity index (χ1n) is 21.8. The van der Waals surface area contributed by atoms with Crippen LogP contribution in [0.5, 0.6) is 0 Å². The molecule has 0 spiro atoms. The molecule has 0 aliphatic heterocycles. The van der Waals surface area contributed by atoms with Gasteiger partial charge in [0.2, 0.25) is 0 Å². The van der Waals surface area contributed by atoms with Gasteiger partial charge in [-0.25, -0.2) is 0 Å². The normalized spacial score (nSPS) is 15.2. The average molecular weight is 964 g/mol. The fourth-order valence-electron chi connectivity index (χ4n) is 9.44. The molecule has 0 saturated heterocycles. The molecule has 60 heavy (non-hydrogen) atoms. The number of benzene rings is 4. The van der Waals surface area contributed by atoms with Crippen molar-refractivity contribution < 1.29 is 46.1 Å². The Labute approximate surface area is 395 Å². The Morgan fingerprint density at radius 3 is 1.57 bits per heavy atom. The van der Waals surface area contributed by atoms with Gasteiger partial charge in [-0.3, -0.25) is 0 Å². The Bertz CT molecular complexity index is 2290. The second-order valence-corrected chi connectivity index (χ2v) is 29.0. The van der Waals surface area contributed by atoms with E-state index in [-0.39, 0.29) is 51.9 Å². The van der Waals surface area contributed by atoms with Gasteiger partial charge in [0, 0.05) is 0 Å². The van der Waals surface area contributed by atoms with Crippen LogP contribution in [0.2, 0.25) is 10.0 Å². The molecule has 4 aromatic carbocycles. The molecule has 0 bridgehead atoms. The van der Waals surface area contributed by atoms with E-state index in [0.717, 1.165) is 16.5 Å². The van der Waals surface area contributed by atoms with E-state index >= 15 is 0 Å². The molecule has 0 radical (unpaired) electrons. The number of hydrogen-bond acceptors (Lipinski definition) is 0. The zero-order chi connectivity index (χ0) is 42.9. The Kier molecular flexibility index (Phi) is 15.6. The first kappa shape index (κ1) is 50.9. The van der Waals surface area contributed by atoms with Crippen LogP contribution in [-0.4, -0.2) is 3.21 Å². The standard InChI is InChI=1S/C29H41.C13H8Cl2.C13H21.2ClH.Zr/c1-26(2,3)22-14-18-13-19-15-23(27(4,5)6)25(29(10,11)12)17-21(19)20(18)16-24(22)28(7,8)9;14-12-5-1-3-10(8-12)7-11-4-2-6-13(15)9-11;1-5-6-7-11-8-9-12(10-11)13(2,3)4;;;/h14,16-17H,13H2,1-12H3;1-6,8-9H;9-11H,5-7H2,1-4H3;2*1H;/q;;;;;+2/p-2. The minimum Gasteiger partial charge on any atom is -1.00 e. The Hall–Kier alpha value is -1.73. The molecule has 0 nitrogen and oxygen atoms in total. The molecule has 0 saturated carbocycles. The Morgan fingerprint density at radius 1 is 0.617 bits per heavy atom. The molecule has 322 valence electrons. The first-order valence-corrected chi connectivity index (χ1v) is 26.3. The summed E-state index contributed by atoms with van der Waals surface area (Å²) >= 11 is 10.7. The van der Waals surface area contributed by atoms with Crippen molar-refractivity contribution in [2.75, 3.05) is 0 Å². The Balaban J connectivity index is 0.00000397. The van der Waals surface area contributed by atoms with E-state index in [1.807, 2.05) is 12.1 Å². The van der Waals surface area contributed by atoms with E-state index in [1.54, 1.807) is 17.7 Å². The van der Waals surface area contributed by atoms with Gasteiger partial charge < -0.3 is 24.8 Å². The second-order valence-electron chi connectivity index (χ2n) is 22.4. The molecule has 0 N–H and O–H groups in total. The summed E-state index contributed by atoms with van der Waals surface area (Å²) in [6.07, 6.45) is 9.88. The smallest absolute Gasteiger partial charge is 1.00 e. The summed E-state index contributed by atoms with van der Waals surface area (Å²) in [5.74, 6) is 0.391. The van der Waals surface area contributed by atoms with Gasteiger partial charge in [0.05, 0.1) is 0 Å². The quantitative estimate of drug-likeness (QED) is 0.153. The second kappa shape index (κ2) is 18.4. The summed E-state index contributed by atoms with van der Waals surface area (Å²) in [7, 11) is 0. The number of hydrogen-bond donors (Lipinski definition) is 0. The van der Waals surface area contributed by atoms with Crippen molar-refractivity contribution in [1.29, 1.82) is 0 Å². The van der Waals surface area contributed by atoms with Gasteiger partial charge in [-0.05, 0) is 0 Å².